The number of likely N-dealkylation sites (tertiary alicyclic amines) is 1. The first-order valence-corrected chi connectivity index (χ1v) is 6.42. The van der Waals surface area contributed by atoms with Crippen molar-refractivity contribution in [3.05, 3.63) is 29.3 Å². The van der Waals surface area contributed by atoms with Gasteiger partial charge in [0.15, 0.2) is 0 Å². The highest BCUT2D eigenvalue weighted by Crippen LogP contribution is 2.25. The molecular weight excluding hydrogens is 196 g/mol. The van der Waals surface area contributed by atoms with Gasteiger partial charge in [-0.05, 0) is 49.9 Å². The normalized spacial score (nSPS) is 24.4. The topological polar surface area (TPSA) is 15.3 Å². The van der Waals surface area contributed by atoms with Crippen LogP contribution in [-0.4, -0.2) is 24.0 Å². The van der Waals surface area contributed by atoms with Gasteiger partial charge in [-0.15, -0.1) is 0 Å². The maximum absolute atomic E-state index is 3.46. The van der Waals surface area contributed by atoms with Gasteiger partial charge in [-0.3, -0.25) is 4.90 Å². The van der Waals surface area contributed by atoms with Crippen molar-refractivity contribution < 1.29 is 0 Å². The quantitative estimate of drug-likeness (QED) is 0.817. The van der Waals surface area contributed by atoms with E-state index in [4.69, 9.17) is 0 Å². The number of rotatable bonds is 2. The monoisotopic (exact) mass is 216 g/mol. The maximum Gasteiger partial charge on any atom is 0.0376 e. The molecule has 1 fully saturated rings. The van der Waals surface area contributed by atoms with E-state index in [0.717, 1.165) is 19.1 Å². The Balaban J connectivity index is 1.75. The molecule has 2 nitrogen and oxygen atoms in total. The minimum Gasteiger partial charge on any atom is -0.384 e. The Morgan fingerprint density at radius 2 is 2.38 bits per heavy atom. The van der Waals surface area contributed by atoms with Gasteiger partial charge in [0.1, 0.15) is 0 Å². The summed E-state index contributed by atoms with van der Waals surface area (Å²) in [6.07, 6.45) is 3.92. The summed E-state index contributed by atoms with van der Waals surface area (Å²) in [5, 5.41) is 3.46. The molecule has 1 atom stereocenters. The van der Waals surface area contributed by atoms with E-state index < -0.39 is 0 Å². The van der Waals surface area contributed by atoms with Crippen molar-refractivity contribution in [2.45, 2.75) is 38.8 Å². The van der Waals surface area contributed by atoms with Crippen molar-refractivity contribution in [3.63, 3.8) is 0 Å². The lowest BCUT2D eigenvalue weighted by atomic mass is 10.1. The molecule has 3 rings (SSSR count). The summed E-state index contributed by atoms with van der Waals surface area (Å²) >= 11 is 0. The zero-order chi connectivity index (χ0) is 11.0. The molecule has 0 bridgehead atoms. The summed E-state index contributed by atoms with van der Waals surface area (Å²) in [6.45, 7) is 5.85. The van der Waals surface area contributed by atoms with Crippen LogP contribution in [0.4, 0.5) is 5.69 Å². The third-order valence-electron chi connectivity index (χ3n) is 3.96. The minimum absolute atomic E-state index is 0.765. The highest BCUT2D eigenvalue weighted by Gasteiger charge is 2.20. The van der Waals surface area contributed by atoms with Gasteiger partial charge in [-0.1, -0.05) is 12.1 Å². The smallest absolute Gasteiger partial charge is 0.0376 e. The van der Waals surface area contributed by atoms with Crippen LogP contribution in [0.2, 0.25) is 0 Å². The average molecular weight is 216 g/mol. The number of hydrogen-bond donors (Lipinski definition) is 1. The van der Waals surface area contributed by atoms with Crippen LogP contribution < -0.4 is 5.32 Å². The van der Waals surface area contributed by atoms with Crippen LogP contribution in [0, 0.1) is 0 Å². The van der Waals surface area contributed by atoms with Crippen LogP contribution >= 0.6 is 0 Å². The van der Waals surface area contributed by atoms with Crippen LogP contribution in [0.25, 0.3) is 0 Å². The first-order chi connectivity index (χ1) is 7.83. The van der Waals surface area contributed by atoms with E-state index in [1.807, 2.05) is 0 Å². The molecule has 86 valence electrons. The van der Waals surface area contributed by atoms with Crippen molar-refractivity contribution in [2.75, 3.05) is 18.4 Å². The van der Waals surface area contributed by atoms with E-state index in [1.54, 1.807) is 0 Å². The van der Waals surface area contributed by atoms with Gasteiger partial charge in [0.05, 0.1) is 0 Å². The summed E-state index contributed by atoms with van der Waals surface area (Å²) < 4.78 is 0. The number of benzene rings is 1. The minimum atomic E-state index is 0.765. The second-order valence-corrected chi connectivity index (χ2v) is 5.13. The molecule has 2 heteroatoms. The SMILES string of the molecule is CC1CCCN1Cc1ccc2c(c1)NCC2. The van der Waals surface area contributed by atoms with Crippen LogP contribution in [0.1, 0.15) is 30.9 Å². The summed E-state index contributed by atoms with van der Waals surface area (Å²) in [7, 11) is 0. The number of fused-ring (bicyclic) bond motifs is 1. The van der Waals surface area contributed by atoms with E-state index in [0.29, 0.717) is 0 Å². The molecule has 1 N–H and O–H groups in total. The molecule has 1 saturated heterocycles. The van der Waals surface area contributed by atoms with Gasteiger partial charge in [-0.2, -0.15) is 0 Å². The zero-order valence-electron chi connectivity index (χ0n) is 10.00. The predicted molar refractivity (Wildman–Crippen MR) is 67.7 cm³/mol. The van der Waals surface area contributed by atoms with Gasteiger partial charge in [0.25, 0.3) is 0 Å². The second-order valence-electron chi connectivity index (χ2n) is 5.13. The number of anilines is 1. The molecule has 2 aliphatic heterocycles. The Labute approximate surface area is 97.6 Å². The standard InChI is InChI=1S/C14H20N2/c1-11-3-2-8-16(11)10-12-4-5-13-6-7-15-14(13)9-12/h4-5,9,11,15H,2-3,6-8,10H2,1H3. The fourth-order valence-corrected chi connectivity index (χ4v) is 2.90. The van der Waals surface area contributed by atoms with E-state index in [1.165, 1.54) is 42.6 Å². The Morgan fingerprint density at radius 1 is 1.44 bits per heavy atom. The maximum atomic E-state index is 3.46. The van der Waals surface area contributed by atoms with E-state index in [2.05, 4.69) is 35.3 Å². The molecule has 0 radical (unpaired) electrons. The number of hydrogen-bond acceptors (Lipinski definition) is 2. The fourth-order valence-electron chi connectivity index (χ4n) is 2.90. The molecule has 0 aromatic heterocycles. The van der Waals surface area contributed by atoms with E-state index >= 15 is 0 Å². The fraction of sp³-hybridized carbons (Fsp3) is 0.571. The third kappa shape index (κ3) is 1.82. The molecule has 0 spiro atoms. The van der Waals surface area contributed by atoms with Crippen molar-refractivity contribution >= 4 is 5.69 Å². The Kier molecular flexibility index (Phi) is 2.60. The summed E-state index contributed by atoms with van der Waals surface area (Å²) in [6, 6.07) is 7.71. The summed E-state index contributed by atoms with van der Waals surface area (Å²) in [4.78, 5) is 2.59. The lowest BCUT2D eigenvalue weighted by Gasteiger charge is -2.21. The van der Waals surface area contributed by atoms with Crippen molar-refractivity contribution in [1.82, 2.24) is 4.90 Å². The van der Waals surface area contributed by atoms with Crippen LogP contribution in [0.15, 0.2) is 18.2 Å². The number of nitrogens with zero attached hydrogens (tertiary/aromatic N) is 1. The number of nitrogens with one attached hydrogen (secondary N) is 1. The summed E-state index contributed by atoms with van der Waals surface area (Å²) in [5.41, 5.74) is 4.31. The molecule has 0 amide bonds. The lowest BCUT2D eigenvalue weighted by molar-refractivity contribution is 0.260. The molecule has 1 aromatic carbocycles. The lowest BCUT2D eigenvalue weighted by Crippen LogP contribution is -2.26. The molecule has 1 unspecified atom stereocenters. The molecule has 0 aliphatic carbocycles. The Bertz CT molecular complexity index is 386. The molecule has 2 aliphatic rings. The molecule has 1 aromatic rings. The van der Waals surface area contributed by atoms with E-state index in [-0.39, 0.29) is 0 Å². The molecule has 16 heavy (non-hydrogen) atoms. The first-order valence-electron chi connectivity index (χ1n) is 6.42. The van der Waals surface area contributed by atoms with Crippen molar-refractivity contribution in [3.8, 4) is 0 Å². The summed E-state index contributed by atoms with van der Waals surface area (Å²) in [5.74, 6) is 0. The second kappa shape index (κ2) is 4.10. The largest absolute Gasteiger partial charge is 0.384 e. The Morgan fingerprint density at radius 3 is 3.19 bits per heavy atom. The van der Waals surface area contributed by atoms with Crippen LogP contribution in [0.3, 0.4) is 0 Å². The molecule has 2 heterocycles. The highest BCUT2D eigenvalue weighted by atomic mass is 15.2. The van der Waals surface area contributed by atoms with Crippen molar-refractivity contribution in [2.24, 2.45) is 0 Å². The van der Waals surface area contributed by atoms with Gasteiger partial charge in [0, 0.05) is 24.8 Å². The Hall–Kier alpha value is -1.02. The van der Waals surface area contributed by atoms with Crippen molar-refractivity contribution in [1.29, 1.82) is 0 Å². The van der Waals surface area contributed by atoms with Gasteiger partial charge < -0.3 is 5.32 Å². The van der Waals surface area contributed by atoms with E-state index in [9.17, 15) is 0 Å². The molecular formula is C14H20N2. The average Bonchev–Trinajstić information content (AvgIpc) is 2.88. The third-order valence-corrected chi connectivity index (χ3v) is 3.96. The predicted octanol–water partition coefficient (Wildman–Crippen LogP) is 2.64. The van der Waals surface area contributed by atoms with Crippen LogP contribution in [-0.2, 0) is 13.0 Å². The van der Waals surface area contributed by atoms with Crippen LogP contribution in [0.5, 0.6) is 0 Å². The van der Waals surface area contributed by atoms with Gasteiger partial charge in [0.2, 0.25) is 0 Å². The van der Waals surface area contributed by atoms with Gasteiger partial charge >= 0.3 is 0 Å². The first kappa shape index (κ1) is 10.2. The van der Waals surface area contributed by atoms with Gasteiger partial charge in [-0.25, -0.2) is 0 Å². The molecule has 0 saturated carbocycles. The highest BCUT2D eigenvalue weighted by molar-refractivity contribution is 5.57. The zero-order valence-corrected chi connectivity index (χ0v) is 10.00.